The van der Waals surface area contributed by atoms with Crippen molar-refractivity contribution in [2.45, 2.75) is 12.5 Å². The summed E-state index contributed by atoms with van der Waals surface area (Å²) in [5, 5.41) is 0. The summed E-state index contributed by atoms with van der Waals surface area (Å²) in [6.45, 7) is 0. The number of allylic oxidation sites excluding steroid dienone is 2. The molecule has 2 aromatic rings. The van der Waals surface area contributed by atoms with Crippen molar-refractivity contribution in [2.75, 3.05) is 4.90 Å². The summed E-state index contributed by atoms with van der Waals surface area (Å²) >= 11 is 0. The molecule has 2 heterocycles. The van der Waals surface area contributed by atoms with Gasteiger partial charge in [-0.1, -0.05) is 60.7 Å². The highest BCUT2D eigenvalue weighted by Gasteiger charge is 2.33. The molecule has 2 aromatic carbocycles. The summed E-state index contributed by atoms with van der Waals surface area (Å²) in [5.41, 5.74) is 8.32. The normalized spacial score (nSPS) is 20.5. The smallest absolute Gasteiger partial charge is 0.0779 e. The minimum absolute atomic E-state index is 0.324. The van der Waals surface area contributed by atoms with E-state index in [9.17, 15) is 0 Å². The number of fused-ring (bicyclic) bond motifs is 4. The lowest BCUT2D eigenvalue weighted by Crippen LogP contribution is -2.37. The van der Waals surface area contributed by atoms with E-state index in [4.69, 9.17) is 0 Å². The van der Waals surface area contributed by atoms with Gasteiger partial charge in [0.25, 0.3) is 0 Å². The lowest BCUT2D eigenvalue weighted by molar-refractivity contribution is 0.862. The molecule has 0 N–H and O–H groups in total. The van der Waals surface area contributed by atoms with Gasteiger partial charge in [0.2, 0.25) is 0 Å². The van der Waals surface area contributed by atoms with Crippen molar-refractivity contribution >= 4 is 17.5 Å². The third-order valence-corrected chi connectivity index (χ3v) is 4.66. The summed E-state index contributed by atoms with van der Waals surface area (Å²) in [6.07, 6.45) is 12.2. The fraction of sp³-hybridized carbons (Fsp3) is 0.100. The van der Waals surface area contributed by atoms with Gasteiger partial charge in [0.05, 0.1) is 11.7 Å². The van der Waals surface area contributed by atoms with Gasteiger partial charge in [-0.05, 0) is 34.4 Å². The number of para-hydroxylation sites is 2. The SMILES string of the molecule is C1=CC2=Cc3cccc4c3N(c3ccccc3C4)C2C=C1. The van der Waals surface area contributed by atoms with Crippen LogP contribution in [0.1, 0.15) is 16.7 Å². The van der Waals surface area contributed by atoms with E-state index in [-0.39, 0.29) is 0 Å². The second-order valence-electron chi connectivity index (χ2n) is 5.86. The van der Waals surface area contributed by atoms with E-state index >= 15 is 0 Å². The number of nitrogens with zero attached hydrogens (tertiary/aromatic N) is 1. The summed E-state index contributed by atoms with van der Waals surface area (Å²) in [6, 6.07) is 15.8. The monoisotopic (exact) mass is 269 g/mol. The van der Waals surface area contributed by atoms with Gasteiger partial charge in [-0.25, -0.2) is 0 Å². The molecule has 0 aromatic heterocycles. The maximum absolute atomic E-state index is 2.51. The molecule has 1 nitrogen and oxygen atoms in total. The molecule has 100 valence electrons. The number of hydrogen-bond acceptors (Lipinski definition) is 1. The van der Waals surface area contributed by atoms with Crippen molar-refractivity contribution in [2.24, 2.45) is 0 Å². The standard InChI is InChI=1S/C20H15N/c1-3-10-18-14(6-1)12-16-8-5-9-17-13-15-7-2-4-11-19(15)21(18)20(16)17/h1-12,18H,13H2. The van der Waals surface area contributed by atoms with E-state index < -0.39 is 0 Å². The Morgan fingerprint density at radius 2 is 1.81 bits per heavy atom. The van der Waals surface area contributed by atoms with Crippen molar-refractivity contribution in [3.05, 3.63) is 89.0 Å². The van der Waals surface area contributed by atoms with Crippen molar-refractivity contribution in [3.63, 3.8) is 0 Å². The maximum Gasteiger partial charge on any atom is 0.0779 e. The molecule has 21 heavy (non-hydrogen) atoms. The Morgan fingerprint density at radius 1 is 0.905 bits per heavy atom. The molecule has 2 aliphatic heterocycles. The minimum atomic E-state index is 0.324. The highest BCUT2D eigenvalue weighted by molar-refractivity contribution is 5.88. The maximum atomic E-state index is 2.51. The van der Waals surface area contributed by atoms with Gasteiger partial charge in [-0.3, -0.25) is 0 Å². The van der Waals surface area contributed by atoms with Gasteiger partial charge < -0.3 is 4.90 Å². The Kier molecular flexibility index (Phi) is 2.12. The highest BCUT2D eigenvalue weighted by atomic mass is 15.2. The van der Waals surface area contributed by atoms with Crippen LogP contribution in [-0.4, -0.2) is 6.04 Å². The summed E-state index contributed by atoms with van der Waals surface area (Å²) < 4.78 is 0. The van der Waals surface area contributed by atoms with Gasteiger partial charge in [0.1, 0.15) is 0 Å². The van der Waals surface area contributed by atoms with Crippen molar-refractivity contribution < 1.29 is 0 Å². The van der Waals surface area contributed by atoms with E-state index in [1.54, 1.807) is 0 Å². The van der Waals surface area contributed by atoms with Gasteiger partial charge >= 0.3 is 0 Å². The zero-order valence-corrected chi connectivity index (χ0v) is 11.7. The summed E-state index contributed by atoms with van der Waals surface area (Å²) in [4.78, 5) is 2.51. The Morgan fingerprint density at radius 3 is 2.81 bits per heavy atom. The van der Waals surface area contributed by atoms with Crippen LogP contribution in [-0.2, 0) is 6.42 Å². The van der Waals surface area contributed by atoms with Gasteiger partial charge in [0.15, 0.2) is 0 Å². The van der Waals surface area contributed by atoms with E-state index in [0.29, 0.717) is 6.04 Å². The van der Waals surface area contributed by atoms with E-state index in [0.717, 1.165) is 6.42 Å². The Balaban J connectivity index is 1.85. The molecule has 1 atom stereocenters. The molecule has 0 radical (unpaired) electrons. The second kappa shape index (κ2) is 3.98. The third-order valence-electron chi connectivity index (χ3n) is 4.66. The quantitative estimate of drug-likeness (QED) is 0.674. The molecular weight excluding hydrogens is 254 g/mol. The molecule has 0 fully saturated rings. The first-order chi connectivity index (χ1) is 10.4. The molecule has 0 saturated carbocycles. The van der Waals surface area contributed by atoms with E-state index in [1.165, 1.54) is 33.6 Å². The van der Waals surface area contributed by atoms with Crippen LogP contribution in [0.5, 0.6) is 0 Å². The minimum Gasteiger partial charge on any atom is -0.329 e. The molecule has 0 amide bonds. The summed E-state index contributed by atoms with van der Waals surface area (Å²) in [5.74, 6) is 0. The average Bonchev–Trinajstić information content (AvgIpc) is 2.54. The molecule has 5 rings (SSSR count). The fourth-order valence-corrected chi connectivity index (χ4v) is 3.77. The number of rotatable bonds is 0. The predicted octanol–water partition coefficient (Wildman–Crippen LogP) is 4.62. The molecular formula is C20H15N. The summed E-state index contributed by atoms with van der Waals surface area (Å²) in [7, 11) is 0. The van der Waals surface area contributed by atoms with Crippen molar-refractivity contribution in [1.29, 1.82) is 0 Å². The molecule has 1 aliphatic carbocycles. The fourth-order valence-electron chi connectivity index (χ4n) is 3.77. The Labute approximate surface area is 124 Å². The lowest BCUT2D eigenvalue weighted by atomic mass is 9.85. The molecule has 0 saturated heterocycles. The first kappa shape index (κ1) is 11.2. The molecule has 0 bridgehead atoms. The zero-order chi connectivity index (χ0) is 13.8. The van der Waals surface area contributed by atoms with E-state index in [2.05, 4.69) is 77.7 Å². The van der Waals surface area contributed by atoms with Crippen LogP contribution in [0, 0.1) is 0 Å². The lowest BCUT2D eigenvalue weighted by Gasteiger charge is -2.42. The molecule has 0 spiro atoms. The third kappa shape index (κ3) is 1.46. The number of benzene rings is 2. The highest BCUT2D eigenvalue weighted by Crippen LogP contribution is 2.47. The molecule has 1 unspecified atom stereocenters. The average molecular weight is 269 g/mol. The van der Waals surface area contributed by atoms with Crippen LogP contribution in [0.4, 0.5) is 11.4 Å². The zero-order valence-electron chi connectivity index (χ0n) is 11.7. The van der Waals surface area contributed by atoms with Crippen LogP contribution in [0.25, 0.3) is 6.08 Å². The van der Waals surface area contributed by atoms with Gasteiger partial charge in [0, 0.05) is 12.1 Å². The molecule has 1 heteroatoms. The molecule has 3 aliphatic rings. The number of anilines is 2. The first-order valence-corrected chi connectivity index (χ1v) is 7.47. The largest absolute Gasteiger partial charge is 0.329 e. The van der Waals surface area contributed by atoms with Gasteiger partial charge in [-0.2, -0.15) is 0 Å². The number of hydrogen-bond donors (Lipinski definition) is 0. The first-order valence-electron chi connectivity index (χ1n) is 7.47. The van der Waals surface area contributed by atoms with Crippen LogP contribution in [0.3, 0.4) is 0 Å². The van der Waals surface area contributed by atoms with Crippen LogP contribution in [0.15, 0.2) is 72.3 Å². The Hall–Kier alpha value is -2.54. The van der Waals surface area contributed by atoms with Gasteiger partial charge in [-0.15, -0.1) is 0 Å². The topological polar surface area (TPSA) is 3.24 Å². The Bertz CT molecular complexity index is 839. The predicted molar refractivity (Wildman–Crippen MR) is 87.9 cm³/mol. The second-order valence-corrected chi connectivity index (χ2v) is 5.86. The van der Waals surface area contributed by atoms with Crippen LogP contribution >= 0.6 is 0 Å². The van der Waals surface area contributed by atoms with Crippen LogP contribution < -0.4 is 4.90 Å². The van der Waals surface area contributed by atoms with Crippen molar-refractivity contribution in [1.82, 2.24) is 0 Å². The van der Waals surface area contributed by atoms with Crippen molar-refractivity contribution in [3.8, 4) is 0 Å². The van der Waals surface area contributed by atoms with E-state index in [1.807, 2.05) is 0 Å². The van der Waals surface area contributed by atoms with Crippen LogP contribution in [0.2, 0.25) is 0 Å².